The molecule has 8 rings (SSSR count). The summed E-state index contributed by atoms with van der Waals surface area (Å²) in [5.74, 6) is 0. The van der Waals surface area contributed by atoms with Crippen molar-refractivity contribution in [3.63, 3.8) is 0 Å². The van der Waals surface area contributed by atoms with Crippen molar-refractivity contribution in [1.29, 1.82) is 0 Å². The van der Waals surface area contributed by atoms with Crippen molar-refractivity contribution in [2.45, 2.75) is 0 Å². The van der Waals surface area contributed by atoms with Crippen molar-refractivity contribution in [2.75, 3.05) is 0 Å². The second-order valence-electron chi connectivity index (χ2n) is 10.6. The number of hydrogen-bond donors (Lipinski definition) is 0. The molecule has 2 heterocycles. The Labute approximate surface area is 244 Å². The molecule has 0 radical (unpaired) electrons. The molecule has 0 fully saturated rings. The first-order valence-electron chi connectivity index (χ1n) is 14.2. The van der Waals surface area contributed by atoms with Crippen LogP contribution >= 0.6 is 0 Å². The smallest absolute Gasteiger partial charge is 0.0346 e. The molecule has 0 aliphatic carbocycles. The topological polar surface area (TPSA) is 25.8 Å². The highest BCUT2D eigenvalue weighted by Gasteiger charge is 2.17. The van der Waals surface area contributed by atoms with Crippen molar-refractivity contribution in [3.8, 4) is 44.5 Å². The van der Waals surface area contributed by atoms with Crippen LogP contribution in [0.2, 0.25) is 0 Å². The van der Waals surface area contributed by atoms with Gasteiger partial charge in [-0.3, -0.25) is 9.97 Å². The molecule has 0 N–H and O–H groups in total. The minimum Gasteiger partial charge on any atom is -0.265 e. The van der Waals surface area contributed by atoms with Gasteiger partial charge in [0.25, 0.3) is 0 Å². The molecule has 2 heteroatoms. The monoisotopic (exact) mass is 534 g/mol. The maximum atomic E-state index is 4.54. The molecule has 2 aromatic heterocycles. The van der Waals surface area contributed by atoms with Crippen LogP contribution in [-0.2, 0) is 0 Å². The van der Waals surface area contributed by atoms with E-state index in [9.17, 15) is 0 Å². The van der Waals surface area contributed by atoms with Crippen LogP contribution in [0.1, 0.15) is 0 Å². The molecule has 0 atom stereocenters. The minimum atomic E-state index is 1.08. The van der Waals surface area contributed by atoms with E-state index in [1.807, 2.05) is 36.9 Å². The van der Waals surface area contributed by atoms with Crippen LogP contribution in [-0.4, -0.2) is 9.97 Å². The fourth-order valence-corrected chi connectivity index (χ4v) is 6.30. The summed E-state index contributed by atoms with van der Waals surface area (Å²) < 4.78 is 0. The zero-order valence-corrected chi connectivity index (χ0v) is 22.9. The molecule has 0 amide bonds. The van der Waals surface area contributed by atoms with Gasteiger partial charge in [0.2, 0.25) is 0 Å². The average molecular weight is 535 g/mol. The Balaban J connectivity index is 1.32. The van der Waals surface area contributed by atoms with Crippen LogP contribution in [0.25, 0.3) is 76.8 Å². The normalized spacial score (nSPS) is 11.3. The predicted molar refractivity (Wildman–Crippen MR) is 176 cm³/mol. The number of benzene rings is 6. The number of nitrogens with zero attached hydrogens (tertiary/aromatic N) is 2. The van der Waals surface area contributed by atoms with Crippen LogP contribution in [0.4, 0.5) is 0 Å². The van der Waals surface area contributed by atoms with Crippen molar-refractivity contribution < 1.29 is 0 Å². The molecule has 2 nitrogen and oxygen atoms in total. The highest BCUT2D eigenvalue weighted by Crippen LogP contribution is 2.45. The van der Waals surface area contributed by atoms with E-state index in [2.05, 4.69) is 131 Å². The number of rotatable bonds is 4. The largest absolute Gasteiger partial charge is 0.265 e. The van der Waals surface area contributed by atoms with Gasteiger partial charge in [-0.1, -0.05) is 115 Å². The summed E-state index contributed by atoms with van der Waals surface area (Å²) in [5, 5.41) is 7.57. The molecule has 0 aliphatic rings. The van der Waals surface area contributed by atoms with Crippen LogP contribution in [0.5, 0.6) is 0 Å². The molecule has 6 aromatic carbocycles. The summed E-state index contributed by atoms with van der Waals surface area (Å²) in [6.07, 6.45) is 7.47. The van der Waals surface area contributed by atoms with Crippen molar-refractivity contribution in [3.05, 3.63) is 158 Å². The number of fused-ring (bicyclic) bond motifs is 3. The molecule has 0 aliphatic heterocycles. The van der Waals surface area contributed by atoms with Gasteiger partial charge in [0, 0.05) is 35.9 Å². The SMILES string of the molecule is c1ccc2c(-c3c4ccccc4c(-c4ccc(-c5cncc(-c6ccncc6)c5)cc4)c4ccccc34)cccc2c1. The zero-order chi connectivity index (χ0) is 27.9. The van der Waals surface area contributed by atoms with Gasteiger partial charge in [0.05, 0.1) is 0 Å². The zero-order valence-electron chi connectivity index (χ0n) is 22.9. The molecule has 0 saturated heterocycles. The molecular weight excluding hydrogens is 508 g/mol. The highest BCUT2D eigenvalue weighted by molar-refractivity contribution is 6.23. The van der Waals surface area contributed by atoms with Crippen molar-refractivity contribution in [1.82, 2.24) is 9.97 Å². The Hall–Kier alpha value is -5.60. The van der Waals surface area contributed by atoms with Gasteiger partial charge < -0.3 is 0 Å². The van der Waals surface area contributed by atoms with Gasteiger partial charge in [-0.25, -0.2) is 0 Å². The van der Waals surface area contributed by atoms with E-state index in [1.165, 1.54) is 54.6 Å². The van der Waals surface area contributed by atoms with E-state index in [0.717, 1.165) is 22.3 Å². The Morgan fingerprint density at radius 1 is 0.333 bits per heavy atom. The van der Waals surface area contributed by atoms with Crippen molar-refractivity contribution >= 4 is 32.3 Å². The van der Waals surface area contributed by atoms with E-state index in [4.69, 9.17) is 0 Å². The van der Waals surface area contributed by atoms with Gasteiger partial charge in [-0.2, -0.15) is 0 Å². The molecule has 196 valence electrons. The van der Waals surface area contributed by atoms with E-state index in [0.29, 0.717) is 0 Å². The minimum absolute atomic E-state index is 1.08. The summed E-state index contributed by atoms with van der Waals surface area (Å²) in [7, 11) is 0. The summed E-state index contributed by atoms with van der Waals surface area (Å²) >= 11 is 0. The van der Waals surface area contributed by atoms with Crippen LogP contribution < -0.4 is 0 Å². The molecule has 0 spiro atoms. The first-order valence-corrected chi connectivity index (χ1v) is 14.2. The number of hydrogen-bond acceptors (Lipinski definition) is 2. The Kier molecular flexibility index (Phi) is 5.82. The fraction of sp³-hybridized carbons (Fsp3) is 0. The molecule has 0 bridgehead atoms. The van der Waals surface area contributed by atoms with Gasteiger partial charge in [0.15, 0.2) is 0 Å². The Morgan fingerprint density at radius 3 is 1.48 bits per heavy atom. The van der Waals surface area contributed by atoms with Crippen LogP contribution in [0, 0.1) is 0 Å². The Bertz CT molecular complexity index is 2170. The second-order valence-corrected chi connectivity index (χ2v) is 10.6. The first kappa shape index (κ1) is 24.2. The quantitative estimate of drug-likeness (QED) is 0.210. The molecule has 0 saturated carbocycles. The molecule has 42 heavy (non-hydrogen) atoms. The lowest BCUT2D eigenvalue weighted by Crippen LogP contribution is -1.91. The van der Waals surface area contributed by atoms with Crippen LogP contribution in [0.3, 0.4) is 0 Å². The van der Waals surface area contributed by atoms with E-state index in [1.54, 1.807) is 0 Å². The van der Waals surface area contributed by atoms with E-state index in [-0.39, 0.29) is 0 Å². The lowest BCUT2D eigenvalue weighted by atomic mass is 9.84. The number of pyridine rings is 2. The van der Waals surface area contributed by atoms with E-state index < -0.39 is 0 Å². The second kappa shape index (κ2) is 10.1. The number of aromatic nitrogens is 2. The lowest BCUT2D eigenvalue weighted by Gasteiger charge is -2.19. The predicted octanol–water partition coefficient (Wildman–Crippen LogP) is 10.6. The Morgan fingerprint density at radius 2 is 0.833 bits per heavy atom. The van der Waals surface area contributed by atoms with Gasteiger partial charge in [-0.05, 0) is 83.9 Å². The molecular formula is C40H26N2. The summed E-state index contributed by atoms with van der Waals surface area (Å²) in [4.78, 5) is 8.69. The third-order valence-corrected chi connectivity index (χ3v) is 8.25. The third-order valence-electron chi connectivity index (χ3n) is 8.25. The average Bonchev–Trinajstić information content (AvgIpc) is 3.07. The maximum absolute atomic E-state index is 4.54. The summed E-state index contributed by atoms with van der Waals surface area (Å²) in [6.45, 7) is 0. The standard InChI is InChI=1S/C40H26N2/c1-2-10-33-29(8-1)9-7-15-34(33)40-37-13-5-3-11-35(37)39(36-12-4-6-14-38(36)40)30-18-16-27(17-19-30)31-24-32(26-42-25-31)28-20-22-41-23-21-28/h1-26H. The van der Waals surface area contributed by atoms with Crippen LogP contribution in [0.15, 0.2) is 158 Å². The lowest BCUT2D eigenvalue weighted by molar-refractivity contribution is 1.30. The van der Waals surface area contributed by atoms with Crippen molar-refractivity contribution in [2.24, 2.45) is 0 Å². The highest BCUT2D eigenvalue weighted by atomic mass is 14.6. The third kappa shape index (κ3) is 4.05. The molecule has 0 unspecified atom stereocenters. The van der Waals surface area contributed by atoms with Gasteiger partial charge in [0.1, 0.15) is 0 Å². The first-order chi connectivity index (χ1) is 20.8. The van der Waals surface area contributed by atoms with Gasteiger partial charge in [-0.15, -0.1) is 0 Å². The maximum Gasteiger partial charge on any atom is 0.0346 e. The molecule has 8 aromatic rings. The van der Waals surface area contributed by atoms with Gasteiger partial charge >= 0.3 is 0 Å². The van der Waals surface area contributed by atoms with E-state index >= 15 is 0 Å². The fourth-order valence-electron chi connectivity index (χ4n) is 6.30. The summed E-state index contributed by atoms with van der Waals surface area (Å²) in [5.41, 5.74) is 9.45. The summed E-state index contributed by atoms with van der Waals surface area (Å²) in [6, 6.07) is 48.1.